The predicted octanol–water partition coefficient (Wildman–Crippen LogP) is 0.789. The lowest BCUT2D eigenvalue weighted by atomic mass is 10.3. The first-order valence-corrected chi connectivity index (χ1v) is 3.21. The molecule has 0 atom stereocenters. The van der Waals surface area contributed by atoms with E-state index >= 15 is 0 Å². The minimum atomic E-state index is -0.157. The van der Waals surface area contributed by atoms with Crippen LogP contribution in [0.5, 0.6) is 0 Å². The van der Waals surface area contributed by atoms with Crippen LogP contribution in [-0.2, 0) is 0 Å². The molecular weight excluding hydrogens is 213 g/mol. The Morgan fingerprint density at radius 2 is 1.85 bits per heavy atom. The van der Waals surface area contributed by atoms with Gasteiger partial charge in [-0.05, 0) is 12.1 Å². The number of hydrazine groups is 1. The van der Waals surface area contributed by atoms with E-state index in [2.05, 4.69) is 15.8 Å². The van der Waals surface area contributed by atoms with Gasteiger partial charge in [-0.2, -0.15) is 0 Å². The SMILES string of the molecule is CNNC(=O)c1ccncc1.Cl.Cl. The fourth-order valence-electron chi connectivity index (χ4n) is 0.689. The van der Waals surface area contributed by atoms with Crippen LogP contribution in [0.4, 0.5) is 0 Å². The lowest BCUT2D eigenvalue weighted by Gasteiger charge is -2.00. The molecule has 2 N–H and O–H groups in total. The molecule has 1 aromatic heterocycles. The largest absolute Gasteiger partial charge is 0.288 e. The number of nitrogens with zero attached hydrogens (tertiary/aromatic N) is 1. The highest BCUT2D eigenvalue weighted by atomic mass is 35.5. The van der Waals surface area contributed by atoms with Crippen LogP contribution in [0.2, 0.25) is 0 Å². The van der Waals surface area contributed by atoms with E-state index in [0.29, 0.717) is 5.56 Å². The van der Waals surface area contributed by atoms with Crippen LogP contribution >= 0.6 is 24.8 Å². The molecule has 0 bridgehead atoms. The van der Waals surface area contributed by atoms with Crippen LogP contribution in [0.25, 0.3) is 0 Å². The van der Waals surface area contributed by atoms with E-state index in [-0.39, 0.29) is 30.7 Å². The van der Waals surface area contributed by atoms with Gasteiger partial charge in [0.25, 0.3) is 5.91 Å². The Hall–Kier alpha value is -0.840. The molecule has 0 aliphatic rings. The summed E-state index contributed by atoms with van der Waals surface area (Å²) in [5, 5.41) is 0. The van der Waals surface area contributed by atoms with Gasteiger partial charge < -0.3 is 0 Å². The fraction of sp³-hybridized carbons (Fsp3) is 0.143. The molecule has 1 amide bonds. The van der Waals surface area contributed by atoms with Gasteiger partial charge in [-0.3, -0.25) is 15.2 Å². The van der Waals surface area contributed by atoms with Gasteiger partial charge in [-0.1, -0.05) is 0 Å². The predicted molar refractivity (Wildman–Crippen MR) is 55.3 cm³/mol. The van der Waals surface area contributed by atoms with Crippen LogP contribution in [0.3, 0.4) is 0 Å². The topological polar surface area (TPSA) is 54.0 Å². The second-order valence-corrected chi connectivity index (χ2v) is 1.94. The van der Waals surface area contributed by atoms with Crippen molar-refractivity contribution >= 4 is 30.7 Å². The maximum atomic E-state index is 11.0. The number of nitrogens with one attached hydrogen (secondary N) is 2. The van der Waals surface area contributed by atoms with Crippen molar-refractivity contribution in [2.24, 2.45) is 0 Å². The molecule has 13 heavy (non-hydrogen) atoms. The molecule has 74 valence electrons. The van der Waals surface area contributed by atoms with Crippen molar-refractivity contribution in [3.8, 4) is 0 Å². The summed E-state index contributed by atoms with van der Waals surface area (Å²) in [7, 11) is 1.64. The smallest absolute Gasteiger partial charge is 0.265 e. The van der Waals surface area contributed by atoms with Gasteiger partial charge in [0.05, 0.1) is 0 Å². The van der Waals surface area contributed by atoms with Gasteiger partial charge in [0, 0.05) is 25.0 Å². The Morgan fingerprint density at radius 3 is 2.31 bits per heavy atom. The molecule has 0 saturated heterocycles. The zero-order valence-corrected chi connectivity index (χ0v) is 8.61. The summed E-state index contributed by atoms with van der Waals surface area (Å²) in [4.78, 5) is 14.8. The fourth-order valence-corrected chi connectivity index (χ4v) is 0.689. The highest BCUT2D eigenvalue weighted by Crippen LogP contribution is 1.93. The second-order valence-electron chi connectivity index (χ2n) is 1.94. The first-order valence-electron chi connectivity index (χ1n) is 3.21. The molecular formula is C7H11Cl2N3O. The van der Waals surface area contributed by atoms with Crippen LogP contribution in [-0.4, -0.2) is 17.9 Å². The molecule has 1 aromatic rings. The Bertz CT molecular complexity index is 243. The summed E-state index contributed by atoms with van der Waals surface area (Å²) >= 11 is 0. The standard InChI is InChI=1S/C7H9N3O.2ClH/c1-8-10-7(11)6-2-4-9-5-3-6;;/h2-5,8H,1H3,(H,10,11);2*1H. The first kappa shape index (κ1) is 14.7. The Labute approximate surface area is 88.9 Å². The Kier molecular flexibility index (Phi) is 8.79. The van der Waals surface area contributed by atoms with Crippen LogP contribution in [0.15, 0.2) is 24.5 Å². The molecule has 1 rings (SSSR count). The zero-order valence-electron chi connectivity index (χ0n) is 6.98. The average molecular weight is 224 g/mol. The van der Waals surface area contributed by atoms with Crippen LogP contribution < -0.4 is 10.9 Å². The molecule has 0 spiro atoms. The Morgan fingerprint density at radius 1 is 1.31 bits per heavy atom. The molecule has 0 radical (unpaired) electrons. The van der Waals surface area contributed by atoms with E-state index in [1.165, 1.54) is 0 Å². The van der Waals surface area contributed by atoms with Crippen molar-refractivity contribution in [2.45, 2.75) is 0 Å². The molecule has 0 saturated carbocycles. The summed E-state index contributed by atoms with van der Waals surface area (Å²) in [6, 6.07) is 3.29. The van der Waals surface area contributed by atoms with E-state index in [4.69, 9.17) is 0 Å². The normalized spacial score (nSPS) is 7.77. The zero-order chi connectivity index (χ0) is 8.10. The highest BCUT2D eigenvalue weighted by molar-refractivity contribution is 5.93. The number of carbonyl (C=O) groups excluding carboxylic acids is 1. The summed E-state index contributed by atoms with van der Waals surface area (Å²) < 4.78 is 0. The molecule has 4 nitrogen and oxygen atoms in total. The van der Waals surface area contributed by atoms with Crippen molar-refractivity contribution < 1.29 is 4.79 Å². The maximum Gasteiger partial charge on any atom is 0.265 e. The highest BCUT2D eigenvalue weighted by Gasteiger charge is 2.00. The van der Waals surface area contributed by atoms with Crippen LogP contribution in [0.1, 0.15) is 10.4 Å². The molecule has 6 heteroatoms. The molecule has 1 heterocycles. The number of pyridine rings is 1. The minimum absolute atomic E-state index is 0. The summed E-state index contributed by atoms with van der Waals surface area (Å²) in [6.07, 6.45) is 3.15. The lowest BCUT2D eigenvalue weighted by Crippen LogP contribution is -2.34. The summed E-state index contributed by atoms with van der Waals surface area (Å²) in [5.74, 6) is -0.157. The number of halogens is 2. The molecule has 0 aliphatic carbocycles. The van der Waals surface area contributed by atoms with Gasteiger partial charge in [-0.25, -0.2) is 5.43 Å². The van der Waals surface area contributed by atoms with Crippen LogP contribution in [0, 0.1) is 0 Å². The minimum Gasteiger partial charge on any atom is -0.288 e. The Balaban J connectivity index is 0. The van der Waals surface area contributed by atoms with Gasteiger partial charge in [-0.15, -0.1) is 24.8 Å². The van der Waals surface area contributed by atoms with Crippen molar-refractivity contribution in [1.29, 1.82) is 0 Å². The van der Waals surface area contributed by atoms with Gasteiger partial charge >= 0.3 is 0 Å². The molecule has 0 fully saturated rings. The third kappa shape index (κ3) is 4.67. The van der Waals surface area contributed by atoms with E-state index in [1.54, 1.807) is 31.6 Å². The number of amides is 1. The average Bonchev–Trinajstić information content (AvgIpc) is 2.07. The van der Waals surface area contributed by atoms with Crippen molar-refractivity contribution in [2.75, 3.05) is 7.05 Å². The number of hydrogen-bond acceptors (Lipinski definition) is 3. The molecule has 0 unspecified atom stereocenters. The van der Waals surface area contributed by atoms with Gasteiger partial charge in [0.15, 0.2) is 0 Å². The summed E-state index contributed by atoms with van der Waals surface area (Å²) in [6.45, 7) is 0. The lowest BCUT2D eigenvalue weighted by molar-refractivity contribution is 0.0938. The number of hydrogen-bond donors (Lipinski definition) is 2. The molecule has 0 aromatic carbocycles. The third-order valence-corrected chi connectivity index (χ3v) is 1.18. The van der Waals surface area contributed by atoms with Crippen molar-refractivity contribution in [3.05, 3.63) is 30.1 Å². The van der Waals surface area contributed by atoms with E-state index < -0.39 is 0 Å². The van der Waals surface area contributed by atoms with Crippen molar-refractivity contribution in [1.82, 2.24) is 15.8 Å². The second kappa shape index (κ2) is 7.79. The number of rotatable bonds is 2. The van der Waals surface area contributed by atoms with E-state index in [9.17, 15) is 4.79 Å². The molecule has 0 aliphatic heterocycles. The summed E-state index contributed by atoms with van der Waals surface area (Å²) in [5.41, 5.74) is 5.58. The van der Waals surface area contributed by atoms with E-state index in [0.717, 1.165) is 0 Å². The van der Waals surface area contributed by atoms with E-state index in [1.807, 2.05) is 0 Å². The third-order valence-electron chi connectivity index (χ3n) is 1.18. The quantitative estimate of drug-likeness (QED) is 0.730. The van der Waals surface area contributed by atoms with Gasteiger partial charge in [0.1, 0.15) is 0 Å². The van der Waals surface area contributed by atoms with Gasteiger partial charge in [0.2, 0.25) is 0 Å². The number of carbonyl (C=O) groups is 1. The monoisotopic (exact) mass is 223 g/mol. The number of aromatic nitrogens is 1. The maximum absolute atomic E-state index is 11.0. The van der Waals surface area contributed by atoms with Crippen molar-refractivity contribution in [3.63, 3.8) is 0 Å². The first-order chi connectivity index (χ1) is 5.34.